The van der Waals surface area contributed by atoms with Crippen molar-refractivity contribution in [3.8, 4) is 0 Å². The molecule has 0 atom stereocenters. The predicted octanol–water partition coefficient (Wildman–Crippen LogP) is 4.83. The van der Waals surface area contributed by atoms with Crippen LogP contribution in [-0.4, -0.2) is 0 Å². The molecular weight excluding hydrogens is 204 g/mol. The van der Waals surface area contributed by atoms with Crippen LogP contribution in [0, 0.1) is 17.8 Å². The second kappa shape index (κ2) is 6.33. The average molecular weight is 231 g/mol. The molecule has 0 spiro atoms. The Balaban J connectivity index is 4.32. The van der Waals surface area contributed by atoms with Crippen molar-refractivity contribution in [2.75, 3.05) is 0 Å². The van der Waals surface area contributed by atoms with Gasteiger partial charge in [-0.15, -0.1) is 0 Å². The molecule has 0 aliphatic rings. The second-order valence-corrected chi connectivity index (χ2v) is 7.73. The summed E-state index contributed by atoms with van der Waals surface area (Å²) >= 11 is 2.48. The number of hydrogen-bond donors (Lipinski definition) is 0. The van der Waals surface area contributed by atoms with Crippen LogP contribution in [0.25, 0.3) is 0 Å². The fraction of sp³-hybridized carbons (Fsp3) is 1.00. The van der Waals surface area contributed by atoms with Crippen molar-refractivity contribution < 1.29 is 20.4 Å². The Labute approximate surface area is 103 Å². The quantitative estimate of drug-likeness (QED) is 0.574. The van der Waals surface area contributed by atoms with Crippen molar-refractivity contribution in [1.82, 2.24) is 0 Å². The van der Waals surface area contributed by atoms with Gasteiger partial charge in [0.1, 0.15) is 0 Å². The molecule has 14 heavy (non-hydrogen) atoms. The van der Waals surface area contributed by atoms with E-state index < -0.39 is 0 Å². The van der Waals surface area contributed by atoms with E-state index in [1.54, 1.807) is 0 Å². The van der Waals surface area contributed by atoms with E-state index in [4.69, 9.17) is 0 Å². The molecule has 0 aromatic rings. The zero-order valence-corrected chi connectivity index (χ0v) is 12.4. The number of rotatable bonds is 6. The fourth-order valence-electron chi connectivity index (χ4n) is 2.59. The molecule has 0 heterocycles. The van der Waals surface area contributed by atoms with Crippen LogP contribution in [0.2, 0.25) is 3.72 Å². The maximum absolute atomic E-state index is 2.48. The molecule has 0 rings (SSSR count). The Bertz CT molecular complexity index is 121. The van der Waals surface area contributed by atoms with E-state index in [2.05, 4.69) is 62.0 Å². The molecular formula is C13H27Ti. The van der Waals surface area contributed by atoms with Crippen molar-refractivity contribution in [3.05, 3.63) is 0 Å². The van der Waals surface area contributed by atoms with Gasteiger partial charge in [0, 0.05) is 0 Å². The SMILES string of the molecule is CC(C)C[C]([Ti])(CC(C)C)CC(C)C. The minimum atomic E-state index is 0.566. The molecule has 0 aliphatic heterocycles. The van der Waals surface area contributed by atoms with Gasteiger partial charge in [0.05, 0.1) is 0 Å². The molecule has 0 aromatic carbocycles. The summed E-state index contributed by atoms with van der Waals surface area (Å²) in [5, 5.41) is 0. The third-order valence-corrected chi connectivity index (χ3v) is 3.35. The van der Waals surface area contributed by atoms with Gasteiger partial charge in [-0.2, -0.15) is 0 Å². The van der Waals surface area contributed by atoms with Crippen molar-refractivity contribution >= 4 is 0 Å². The summed E-state index contributed by atoms with van der Waals surface area (Å²) in [5.74, 6) is 2.49. The molecule has 0 nitrogen and oxygen atoms in total. The van der Waals surface area contributed by atoms with E-state index >= 15 is 0 Å². The van der Waals surface area contributed by atoms with Gasteiger partial charge in [0.2, 0.25) is 0 Å². The Morgan fingerprint density at radius 3 is 1.07 bits per heavy atom. The Morgan fingerprint density at radius 2 is 0.929 bits per heavy atom. The third-order valence-electron chi connectivity index (χ3n) is 2.40. The molecule has 0 bridgehead atoms. The van der Waals surface area contributed by atoms with Crippen LogP contribution in [0.15, 0.2) is 0 Å². The van der Waals surface area contributed by atoms with Gasteiger partial charge in [-0.05, 0) is 0 Å². The van der Waals surface area contributed by atoms with E-state index in [9.17, 15) is 0 Å². The maximum atomic E-state index is 2.48. The van der Waals surface area contributed by atoms with Gasteiger partial charge in [-0.3, -0.25) is 0 Å². The molecule has 0 saturated carbocycles. The van der Waals surface area contributed by atoms with Crippen LogP contribution in [0.5, 0.6) is 0 Å². The van der Waals surface area contributed by atoms with Crippen LogP contribution in [0.1, 0.15) is 60.8 Å². The van der Waals surface area contributed by atoms with Crippen molar-refractivity contribution in [1.29, 1.82) is 0 Å². The molecule has 0 aliphatic carbocycles. The van der Waals surface area contributed by atoms with Gasteiger partial charge in [0.25, 0.3) is 0 Å². The van der Waals surface area contributed by atoms with Gasteiger partial charge in [-0.25, -0.2) is 0 Å². The monoisotopic (exact) mass is 231 g/mol. The van der Waals surface area contributed by atoms with E-state index in [0.29, 0.717) is 3.72 Å². The molecule has 0 N–H and O–H groups in total. The van der Waals surface area contributed by atoms with Crippen LogP contribution in [0.4, 0.5) is 0 Å². The summed E-state index contributed by atoms with van der Waals surface area (Å²) in [4.78, 5) is 0. The molecule has 0 saturated heterocycles. The van der Waals surface area contributed by atoms with E-state index in [-0.39, 0.29) is 0 Å². The minimum absolute atomic E-state index is 0.566. The number of hydrogen-bond acceptors (Lipinski definition) is 0. The summed E-state index contributed by atoms with van der Waals surface area (Å²) in [6, 6.07) is 0. The Hall–Kier alpha value is 0.714. The molecule has 0 fully saturated rings. The van der Waals surface area contributed by atoms with E-state index in [0.717, 1.165) is 17.8 Å². The second-order valence-electron chi connectivity index (χ2n) is 6.07. The average Bonchev–Trinajstić information content (AvgIpc) is 1.76. The van der Waals surface area contributed by atoms with Gasteiger partial charge in [0.15, 0.2) is 0 Å². The summed E-state index contributed by atoms with van der Waals surface area (Å²) in [6.45, 7) is 14.1. The fourth-order valence-corrected chi connectivity index (χ4v) is 4.51. The standard InChI is InChI=1S/C13H27.Ti/c1-10(2)7-13(8-11(3)4)9-12(5)6;/h10-12H,7-9H2,1-6H3;. The van der Waals surface area contributed by atoms with Crippen molar-refractivity contribution in [3.63, 3.8) is 0 Å². The molecule has 0 amide bonds. The van der Waals surface area contributed by atoms with Crippen molar-refractivity contribution in [2.45, 2.75) is 64.5 Å². The zero-order chi connectivity index (χ0) is 11.4. The molecule has 0 unspecified atom stereocenters. The summed E-state index contributed by atoms with van der Waals surface area (Å²) in [7, 11) is 0. The van der Waals surface area contributed by atoms with E-state index in [1.807, 2.05) is 0 Å². The van der Waals surface area contributed by atoms with Crippen LogP contribution in [-0.2, 0) is 20.4 Å². The first-order chi connectivity index (χ1) is 6.25. The van der Waals surface area contributed by atoms with Crippen LogP contribution in [0.3, 0.4) is 0 Å². The molecule has 0 radical (unpaired) electrons. The third kappa shape index (κ3) is 7.07. The van der Waals surface area contributed by atoms with Crippen molar-refractivity contribution in [2.24, 2.45) is 17.8 Å². The first-order valence-corrected chi connectivity index (χ1v) is 6.78. The molecule has 1 heteroatoms. The van der Waals surface area contributed by atoms with Gasteiger partial charge < -0.3 is 0 Å². The van der Waals surface area contributed by atoms with Gasteiger partial charge >= 0.3 is 103 Å². The first-order valence-electron chi connectivity index (χ1n) is 6.00. The summed E-state index contributed by atoms with van der Waals surface area (Å²) in [6.07, 6.45) is 4.14. The van der Waals surface area contributed by atoms with Crippen LogP contribution < -0.4 is 0 Å². The Morgan fingerprint density at radius 1 is 0.714 bits per heavy atom. The Kier molecular flexibility index (Phi) is 6.65. The van der Waals surface area contributed by atoms with Crippen LogP contribution >= 0.6 is 0 Å². The van der Waals surface area contributed by atoms with E-state index in [1.165, 1.54) is 19.3 Å². The summed E-state index contributed by atoms with van der Waals surface area (Å²) in [5.41, 5.74) is 0. The normalized spacial score (nSPS) is 13.1. The molecule has 0 aromatic heterocycles. The topological polar surface area (TPSA) is 0 Å². The predicted molar refractivity (Wildman–Crippen MR) is 61.1 cm³/mol. The first kappa shape index (κ1) is 14.7. The molecule has 83 valence electrons. The summed E-state index contributed by atoms with van der Waals surface area (Å²) < 4.78 is 0.566. The zero-order valence-electron chi connectivity index (χ0n) is 10.9. The van der Waals surface area contributed by atoms with Gasteiger partial charge in [-0.1, -0.05) is 0 Å².